The van der Waals surface area contributed by atoms with Crippen molar-refractivity contribution in [3.05, 3.63) is 20.8 Å². The third-order valence-corrected chi connectivity index (χ3v) is 5.53. The van der Waals surface area contributed by atoms with Crippen molar-refractivity contribution in [1.82, 2.24) is 5.32 Å². The van der Waals surface area contributed by atoms with Crippen LogP contribution in [0.4, 0.5) is 0 Å². The lowest BCUT2D eigenvalue weighted by Gasteiger charge is -2.17. The molecular weight excluding hydrogens is 294 g/mol. The maximum atomic E-state index is 3.53. The number of likely N-dealkylation sites (N-methyl/N-ethyl adjacent to an activating group) is 1. The van der Waals surface area contributed by atoms with E-state index >= 15 is 0 Å². The van der Waals surface area contributed by atoms with E-state index in [4.69, 9.17) is 0 Å². The Kier molecular flexibility index (Phi) is 5.51. The first-order valence-electron chi connectivity index (χ1n) is 6.69. The normalized spacial score (nSPS) is 18.7. The minimum atomic E-state index is 0.654. The van der Waals surface area contributed by atoms with Crippen LogP contribution >= 0.6 is 27.3 Å². The molecule has 0 radical (unpaired) electrons. The summed E-state index contributed by atoms with van der Waals surface area (Å²) < 4.78 is 1.25. The summed E-state index contributed by atoms with van der Waals surface area (Å²) >= 11 is 5.40. The van der Waals surface area contributed by atoms with Crippen molar-refractivity contribution in [3.63, 3.8) is 0 Å². The van der Waals surface area contributed by atoms with Crippen molar-refractivity contribution in [1.29, 1.82) is 0 Å². The van der Waals surface area contributed by atoms with Gasteiger partial charge in [0.1, 0.15) is 0 Å². The summed E-state index contributed by atoms with van der Waals surface area (Å²) in [6.07, 6.45) is 9.80. The first-order chi connectivity index (χ1) is 8.28. The Morgan fingerprint density at radius 3 is 2.76 bits per heavy atom. The van der Waals surface area contributed by atoms with E-state index < -0.39 is 0 Å². The van der Waals surface area contributed by atoms with Gasteiger partial charge in [0.15, 0.2) is 0 Å². The standard InChI is InChI=1S/C14H22BrNS/c1-16-12(7-6-11-4-2-3-5-11)10-13-8-9-14(15)17-13/h8-9,11-12,16H,2-7,10H2,1H3. The molecule has 1 fully saturated rings. The van der Waals surface area contributed by atoms with Gasteiger partial charge in [-0.15, -0.1) is 11.3 Å². The summed E-state index contributed by atoms with van der Waals surface area (Å²) in [5, 5.41) is 3.48. The minimum absolute atomic E-state index is 0.654. The summed E-state index contributed by atoms with van der Waals surface area (Å²) in [7, 11) is 2.10. The number of hydrogen-bond donors (Lipinski definition) is 1. The van der Waals surface area contributed by atoms with Crippen molar-refractivity contribution in [2.45, 2.75) is 51.0 Å². The number of nitrogens with one attached hydrogen (secondary N) is 1. The summed E-state index contributed by atoms with van der Waals surface area (Å²) in [6.45, 7) is 0. The van der Waals surface area contributed by atoms with Gasteiger partial charge < -0.3 is 5.32 Å². The highest BCUT2D eigenvalue weighted by Gasteiger charge is 2.17. The van der Waals surface area contributed by atoms with Crippen LogP contribution in [0.1, 0.15) is 43.4 Å². The van der Waals surface area contributed by atoms with E-state index in [1.807, 2.05) is 11.3 Å². The van der Waals surface area contributed by atoms with E-state index in [1.165, 1.54) is 53.6 Å². The second kappa shape index (κ2) is 6.91. The molecule has 1 heterocycles. The Bertz CT molecular complexity index is 331. The van der Waals surface area contributed by atoms with E-state index in [0.29, 0.717) is 6.04 Å². The zero-order valence-electron chi connectivity index (χ0n) is 10.5. The van der Waals surface area contributed by atoms with Crippen LogP contribution in [0.25, 0.3) is 0 Å². The van der Waals surface area contributed by atoms with Crippen molar-refractivity contribution in [2.24, 2.45) is 5.92 Å². The third-order valence-electron chi connectivity index (χ3n) is 3.88. The van der Waals surface area contributed by atoms with Gasteiger partial charge in [-0.05, 0) is 60.3 Å². The fourth-order valence-corrected chi connectivity index (χ4v) is 4.35. The lowest BCUT2D eigenvalue weighted by molar-refractivity contribution is 0.419. The number of rotatable bonds is 6. The molecule has 96 valence electrons. The van der Waals surface area contributed by atoms with Crippen LogP contribution in [-0.4, -0.2) is 13.1 Å². The maximum Gasteiger partial charge on any atom is 0.0701 e. The first-order valence-corrected chi connectivity index (χ1v) is 8.30. The molecule has 0 bridgehead atoms. The number of halogens is 1. The Morgan fingerprint density at radius 2 is 2.18 bits per heavy atom. The molecular formula is C14H22BrNS. The highest BCUT2D eigenvalue weighted by molar-refractivity contribution is 9.11. The second-order valence-electron chi connectivity index (χ2n) is 5.12. The van der Waals surface area contributed by atoms with Crippen LogP contribution in [0.15, 0.2) is 15.9 Å². The molecule has 0 spiro atoms. The van der Waals surface area contributed by atoms with E-state index in [-0.39, 0.29) is 0 Å². The summed E-state index contributed by atoms with van der Waals surface area (Å²) in [4.78, 5) is 1.49. The topological polar surface area (TPSA) is 12.0 Å². The predicted octanol–water partition coefficient (Wildman–Crippen LogP) is 4.61. The summed E-state index contributed by atoms with van der Waals surface area (Å²) in [5.74, 6) is 1.01. The van der Waals surface area contributed by atoms with Gasteiger partial charge in [-0.2, -0.15) is 0 Å². The molecule has 1 aliphatic carbocycles. The Morgan fingerprint density at radius 1 is 1.41 bits per heavy atom. The Labute approximate surface area is 117 Å². The highest BCUT2D eigenvalue weighted by Crippen LogP contribution is 2.30. The molecule has 1 nitrogen and oxygen atoms in total. The molecule has 1 unspecified atom stereocenters. The molecule has 2 rings (SSSR count). The van der Waals surface area contributed by atoms with Gasteiger partial charge in [-0.3, -0.25) is 0 Å². The lowest BCUT2D eigenvalue weighted by atomic mass is 9.97. The average molecular weight is 316 g/mol. The van der Waals surface area contributed by atoms with Crippen molar-refractivity contribution in [3.8, 4) is 0 Å². The fourth-order valence-electron chi connectivity index (χ4n) is 2.79. The quantitative estimate of drug-likeness (QED) is 0.808. The SMILES string of the molecule is CNC(CCC1CCCC1)Cc1ccc(Br)s1. The predicted molar refractivity (Wildman–Crippen MR) is 79.8 cm³/mol. The van der Waals surface area contributed by atoms with Crippen molar-refractivity contribution >= 4 is 27.3 Å². The van der Waals surface area contributed by atoms with Gasteiger partial charge >= 0.3 is 0 Å². The first kappa shape index (κ1) is 13.6. The second-order valence-corrected chi connectivity index (χ2v) is 7.67. The van der Waals surface area contributed by atoms with Crippen LogP contribution in [0.2, 0.25) is 0 Å². The van der Waals surface area contributed by atoms with Crippen molar-refractivity contribution < 1.29 is 0 Å². The molecule has 0 saturated heterocycles. The Balaban J connectivity index is 1.75. The summed E-state index contributed by atoms with van der Waals surface area (Å²) in [5.41, 5.74) is 0. The molecule has 3 heteroatoms. The van der Waals surface area contributed by atoms with Gasteiger partial charge in [0.2, 0.25) is 0 Å². The molecule has 17 heavy (non-hydrogen) atoms. The molecule has 1 saturated carbocycles. The van der Waals surface area contributed by atoms with Crippen LogP contribution in [0, 0.1) is 5.92 Å². The fraction of sp³-hybridized carbons (Fsp3) is 0.714. The molecule has 1 N–H and O–H groups in total. The van der Waals surface area contributed by atoms with E-state index in [1.54, 1.807) is 0 Å². The molecule has 1 atom stereocenters. The molecule has 1 aromatic heterocycles. The smallest absolute Gasteiger partial charge is 0.0701 e. The van der Waals surface area contributed by atoms with E-state index in [0.717, 1.165) is 5.92 Å². The zero-order valence-corrected chi connectivity index (χ0v) is 12.9. The number of thiophene rings is 1. The van der Waals surface area contributed by atoms with E-state index in [9.17, 15) is 0 Å². The molecule has 0 amide bonds. The average Bonchev–Trinajstić information content (AvgIpc) is 2.96. The summed E-state index contributed by atoms with van der Waals surface area (Å²) in [6, 6.07) is 5.05. The third kappa shape index (κ3) is 4.38. The van der Waals surface area contributed by atoms with Gasteiger partial charge in [0.25, 0.3) is 0 Å². The van der Waals surface area contributed by atoms with Crippen molar-refractivity contribution in [2.75, 3.05) is 7.05 Å². The highest BCUT2D eigenvalue weighted by atomic mass is 79.9. The van der Waals surface area contributed by atoms with Crippen LogP contribution in [0.3, 0.4) is 0 Å². The lowest BCUT2D eigenvalue weighted by Crippen LogP contribution is -2.27. The van der Waals surface area contributed by atoms with Gasteiger partial charge in [-0.1, -0.05) is 25.7 Å². The largest absolute Gasteiger partial charge is 0.317 e. The zero-order chi connectivity index (χ0) is 12.1. The van der Waals surface area contributed by atoms with E-state index in [2.05, 4.69) is 40.4 Å². The molecule has 0 aliphatic heterocycles. The molecule has 1 aliphatic rings. The van der Waals surface area contributed by atoms with Gasteiger partial charge in [0, 0.05) is 10.9 Å². The molecule has 0 aromatic carbocycles. The van der Waals surface area contributed by atoms with Crippen LogP contribution in [0.5, 0.6) is 0 Å². The van der Waals surface area contributed by atoms with Crippen LogP contribution < -0.4 is 5.32 Å². The minimum Gasteiger partial charge on any atom is -0.317 e. The Hall–Kier alpha value is 0.140. The monoisotopic (exact) mass is 315 g/mol. The number of hydrogen-bond acceptors (Lipinski definition) is 2. The van der Waals surface area contributed by atoms with Gasteiger partial charge in [0.05, 0.1) is 3.79 Å². The maximum absolute atomic E-state index is 3.53. The van der Waals surface area contributed by atoms with Crippen LogP contribution in [-0.2, 0) is 6.42 Å². The van der Waals surface area contributed by atoms with Gasteiger partial charge in [-0.25, -0.2) is 0 Å². The molecule has 1 aromatic rings.